The number of amides is 2. The van der Waals surface area contributed by atoms with Crippen LogP contribution in [0.5, 0.6) is 11.5 Å². The number of nitrogens with zero attached hydrogens (tertiary/aromatic N) is 2. The zero-order chi connectivity index (χ0) is 26.7. The molecule has 1 saturated heterocycles. The molecule has 0 aromatic heterocycles. The molecule has 1 heterocycles. The summed E-state index contributed by atoms with van der Waals surface area (Å²) in [7, 11) is -2.78. The van der Waals surface area contributed by atoms with Crippen molar-refractivity contribution < 1.29 is 31.9 Å². The first-order chi connectivity index (χ1) is 17.6. The van der Waals surface area contributed by atoms with Gasteiger partial charge in [-0.1, -0.05) is 42.0 Å². The van der Waals surface area contributed by atoms with Gasteiger partial charge >= 0.3 is 10.1 Å². The van der Waals surface area contributed by atoms with Gasteiger partial charge in [-0.15, -0.1) is 0 Å². The van der Waals surface area contributed by atoms with E-state index in [9.17, 15) is 28.1 Å². The highest BCUT2D eigenvalue weighted by Gasteiger charge is 2.36. The van der Waals surface area contributed by atoms with E-state index >= 15 is 0 Å². The van der Waals surface area contributed by atoms with Crippen molar-refractivity contribution >= 4 is 44.8 Å². The maximum absolute atomic E-state index is 12.9. The third kappa shape index (κ3) is 5.65. The van der Waals surface area contributed by atoms with E-state index in [0.717, 1.165) is 10.5 Å². The Bertz CT molecular complexity index is 1530. The lowest BCUT2D eigenvalue weighted by Crippen LogP contribution is -2.27. The van der Waals surface area contributed by atoms with Crippen LogP contribution in [0.25, 0.3) is 6.08 Å². The van der Waals surface area contributed by atoms with E-state index in [0.29, 0.717) is 17.3 Å². The molecule has 2 amide bonds. The predicted octanol–water partition coefficient (Wildman–Crippen LogP) is 4.92. The number of rotatable bonds is 8. The summed E-state index contributed by atoms with van der Waals surface area (Å²) < 4.78 is 35.9. The summed E-state index contributed by atoms with van der Waals surface area (Å²) in [4.78, 5) is 37.1. The monoisotopic (exact) mass is 540 g/mol. The lowest BCUT2D eigenvalue weighted by atomic mass is 10.1. The molecule has 1 fully saturated rings. The molecule has 0 spiro atoms. The lowest BCUT2D eigenvalue weighted by Gasteiger charge is -2.12. The van der Waals surface area contributed by atoms with E-state index < -0.39 is 26.2 Å². The molecule has 4 rings (SSSR count). The van der Waals surface area contributed by atoms with Gasteiger partial charge in [-0.3, -0.25) is 24.6 Å². The summed E-state index contributed by atoms with van der Waals surface area (Å²) in [5.74, 6) is -0.553. The van der Waals surface area contributed by atoms with Gasteiger partial charge in [0.1, 0.15) is 4.90 Å². The van der Waals surface area contributed by atoms with Crippen molar-refractivity contribution in [2.24, 2.45) is 0 Å². The van der Waals surface area contributed by atoms with Crippen LogP contribution in [-0.2, 0) is 21.5 Å². The van der Waals surface area contributed by atoms with Gasteiger partial charge in [0.2, 0.25) is 0 Å². The minimum absolute atomic E-state index is 0.0171. The highest BCUT2D eigenvalue weighted by atomic mass is 32.2. The molecule has 0 radical (unpaired) electrons. The number of carbonyl (C=O) groups excluding carboxylic acids is 2. The van der Waals surface area contributed by atoms with Crippen LogP contribution >= 0.6 is 11.8 Å². The van der Waals surface area contributed by atoms with E-state index in [2.05, 4.69) is 0 Å². The molecule has 10 nitrogen and oxygen atoms in total. The van der Waals surface area contributed by atoms with E-state index in [1.165, 1.54) is 61.7 Å². The van der Waals surface area contributed by atoms with Crippen molar-refractivity contribution in [2.45, 2.75) is 18.4 Å². The number of hydrogen-bond acceptors (Lipinski definition) is 9. The topological polar surface area (TPSA) is 133 Å². The van der Waals surface area contributed by atoms with Gasteiger partial charge in [0.05, 0.1) is 23.5 Å². The molecule has 1 aliphatic rings. The van der Waals surface area contributed by atoms with E-state index in [1.807, 2.05) is 6.92 Å². The van der Waals surface area contributed by atoms with E-state index in [4.69, 9.17) is 8.92 Å². The summed E-state index contributed by atoms with van der Waals surface area (Å²) in [6.45, 7) is 1.59. The number of benzene rings is 3. The van der Waals surface area contributed by atoms with Crippen molar-refractivity contribution in [3.63, 3.8) is 0 Å². The molecule has 3 aromatic carbocycles. The molecular weight excluding hydrogens is 520 g/mol. The number of ether oxygens (including phenoxy) is 1. The first-order valence-electron chi connectivity index (χ1n) is 10.8. The minimum atomic E-state index is -4.11. The van der Waals surface area contributed by atoms with E-state index in [1.54, 1.807) is 18.2 Å². The van der Waals surface area contributed by atoms with Gasteiger partial charge in [0.15, 0.2) is 11.5 Å². The fourth-order valence-corrected chi connectivity index (χ4v) is 5.27. The fourth-order valence-electron chi connectivity index (χ4n) is 3.49. The molecule has 0 saturated carbocycles. The molecule has 190 valence electrons. The minimum Gasteiger partial charge on any atom is -0.493 e. The molecule has 37 heavy (non-hydrogen) atoms. The quantitative estimate of drug-likeness (QED) is 0.169. The van der Waals surface area contributed by atoms with Crippen LogP contribution in [0.2, 0.25) is 0 Å². The SMILES string of the molecule is COc1cc(/C=C2\SC(=O)N(Cc3ccccc3[N+](=O)[O-])C2=O)ccc1OS(=O)(=O)c1ccc(C)cc1. The Morgan fingerprint density at radius 1 is 1.03 bits per heavy atom. The second-order valence-electron chi connectivity index (χ2n) is 7.91. The van der Waals surface area contributed by atoms with Crippen molar-refractivity contribution in [3.8, 4) is 11.5 Å². The van der Waals surface area contributed by atoms with Gasteiger partial charge in [-0.05, 0) is 54.6 Å². The molecule has 1 aliphatic heterocycles. The number of thioether (sulfide) groups is 1. The van der Waals surface area contributed by atoms with Gasteiger partial charge < -0.3 is 8.92 Å². The summed E-state index contributed by atoms with van der Waals surface area (Å²) in [6, 6.07) is 16.4. The van der Waals surface area contributed by atoms with Crippen LogP contribution in [0.1, 0.15) is 16.7 Å². The van der Waals surface area contributed by atoms with Crippen molar-refractivity contribution in [2.75, 3.05) is 7.11 Å². The van der Waals surface area contributed by atoms with Crippen LogP contribution in [0.3, 0.4) is 0 Å². The number of carbonyl (C=O) groups is 2. The standard InChI is InChI=1S/C25H20N2O8S2/c1-16-7-10-19(11-8-16)37(32,33)35-21-12-9-17(13-22(21)34-2)14-23-24(28)26(25(29)36-23)15-18-5-3-4-6-20(18)27(30)31/h3-14H,15H2,1-2H3/b23-14-. The number of hydrogen-bond donors (Lipinski definition) is 0. The maximum Gasteiger partial charge on any atom is 0.339 e. The molecule has 0 aliphatic carbocycles. The maximum atomic E-state index is 12.9. The summed E-state index contributed by atoms with van der Waals surface area (Å²) in [5, 5.41) is 10.7. The summed E-state index contributed by atoms with van der Waals surface area (Å²) >= 11 is 0.697. The van der Waals surface area contributed by atoms with Crippen LogP contribution in [0, 0.1) is 17.0 Å². The number of aryl methyl sites for hydroxylation is 1. The van der Waals surface area contributed by atoms with Gasteiger partial charge in [0, 0.05) is 11.6 Å². The highest BCUT2D eigenvalue weighted by molar-refractivity contribution is 8.18. The Labute approximate surface area is 216 Å². The number of imide groups is 1. The normalized spacial score (nSPS) is 14.8. The lowest BCUT2D eigenvalue weighted by molar-refractivity contribution is -0.385. The van der Waals surface area contributed by atoms with Gasteiger partial charge in [-0.2, -0.15) is 8.42 Å². The first kappa shape index (κ1) is 25.9. The number of nitro benzene ring substituents is 1. The van der Waals surface area contributed by atoms with Gasteiger partial charge in [-0.25, -0.2) is 0 Å². The second-order valence-corrected chi connectivity index (χ2v) is 10.5. The third-order valence-electron chi connectivity index (χ3n) is 5.38. The smallest absolute Gasteiger partial charge is 0.339 e. The average Bonchev–Trinajstić information content (AvgIpc) is 3.12. The molecule has 0 N–H and O–H groups in total. The number of nitro groups is 1. The van der Waals surface area contributed by atoms with Crippen LogP contribution in [-0.4, -0.2) is 36.5 Å². The first-order valence-corrected chi connectivity index (χ1v) is 13.0. The van der Waals surface area contributed by atoms with Gasteiger partial charge in [0.25, 0.3) is 16.8 Å². The summed E-state index contributed by atoms with van der Waals surface area (Å²) in [5.41, 5.74) is 1.39. The summed E-state index contributed by atoms with van der Waals surface area (Å²) in [6.07, 6.45) is 1.45. The predicted molar refractivity (Wildman–Crippen MR) is 137 cm³/mol. The average molecular weight is 541 g/mol. The Morgan fingerprint density at radius 3 is 2.41 bits per heavy atom. The third-order valence-corrected chi connectivity index (χ3v) is 7.54. The highest BCUT2D eigenvalue weighted by Crippen LogP contribution is 2.36. The molecular formula is C25H20N2O8S2. The zero-order valence-electron chi connectivity index (χ0n) is 19.6. The molecule has 0 bridgehead atoms. The van der Waals surface area contributed by atoms with Crippen molar-refractivity contribution in [1.82, 2.24) is 4.90 Å². The zero-order valence-corrected chi connectivity index (χ0v) is 21.2. The van der Waals surface area contributed by atoms with Crippen molar-refractivity contribution in [3.05, 3.63) is 98.4 Å². The van der Waals surface area contributed by atoms with Crippen LogP contribution < -0.4 is 8.92 Å². The molecule has 3 aromatic rings. The van der Waals surface area contributed by atoms with E-state index in [-0.39, 0.29) is 39.1 Å². The fraction of sp³-hybridized carbons (Fsp3) is 0.120. The Hall–Kier alpha value is -4.16. The number of para-hydroxylation sites is 1. The van der Waals surface area contributed by atoms with Crippen LogP contribution in [0.15, 0.2) is 76.5 Å². The Kier molecular flexibility index (Phi) is 7.32. The molecule has 0 atom stereocenters. The molecule has 0 unspecified atom stereocenters. The molecule has 12 heteroatoms. The second kappa shape index (κ2) is 10.4. The van der Waals surface area contributed by atoms with Crippen LogP contribution in [0.4, 0.5) is 10.5 Å². The number of methoxy groups -OCH3 is 1. The van der Waals surface area contributed by atoms with Crippen molar-refractivity contribution in [1.29, 1.82) is 0 Å². The Balaban J connectivity index is 1.56. The Morgan fingerprint density at radius 2 is 1.73 bits per heavy atom. The largest absolute Gasteiger partial charge is 0.493 e.